The Labute approximate surface area is 170 Å². The number of rotatable bonds is 5. The molecule has 1 fully saturated rings. The number of pyridine rings is 1. The highest BCUT2D eigenvalue weighted by Crippen LogP contribution is 2.38. The van der Waals surface area contributed by atoms with Crippen molar-refractivity contribution in [2.75, 3.05) is 0 Å². The summed E-state index contributed by atoms with van der Waals surface area (Å²) in [5, 5.41) is 4.16. The van der Waals surface area contributed by atoms with Gasteiger partial charge >= 0.3 is 0 Å². The molecule has 1 saturated carbocycles. The lowest BCUT2D eigenvalue weighted by Crippen LogP contribution is -2.44. The second kappa shape index (κ2) is 8.71. The van der Waals surface area contributed by atoms with E-state index in [-0.39, 0.29) is 23.9 Å². The van der Waals surface area contributed by atoms with Crippen LogP contribution in [0.1, 0.15) is 50.0 Å². The normalized spacial score (nSPS) is 21.7. The molecule has 28 heavy (non-hydrogen) atoms. The molecule has 3 aromatic rings. The zero-order valence-corrected chi connectivity index (χ0v) is 16.7. The predicted octanol–water partition coefficient (Wildman–Crippen LogP) is 4.51. The zero-order chi connectivity index (χ0) is 18.7. The second-order valence-electron chi connectivity index (χ2n) is 7.43. The van der Waals surface area contributed by atoms with Crippen LogP contribution >= 0.6 is 12.4 Å². The van der Waals surface area contributed by atoms with Crippen LogP contribution in [0.2, 0.25) is 0 Å². The third kappa shape index (κ3) is 4.51. The molecular weight excluding hydrogens is 376 g/mol. The van der Waals surface area contributed by atoms with E-state index in [4.69, 9.17) is 15.0 Å². The Kier molecular flexibility index (Phi) is 6.31. The molecule has 6 nitrogen and oxygen atoms in total. The van der Waals surface area contributed by atoms with Gasteiger partial charge in [0, 0.05) is 29.1 Å². The van der Waals surface area contributed by atoms with E-state index in [1.165, 1.54) is 0 Å². The van der Waals surface area contributed by atoms with Crippen molar-refractivity contribution in [1.29, 1.82) is 0 Å². The molecule has 0 aliphatic heterocycles. The van der Waals surface area contributed by atoms with Crippen LogP contribution in [-0.2, 0) is 6.61 Å². The Bertz CT molecular complexity index is 881. The second-order valence-corrected chi connectivity index (χ2v) is 7.43. The standard InChI is InChI=1S/C21H24N4O2.ClH/c1-21(22)11-3-2-6-18(21)20-24-19(25-27-20)16-7-9-17(10-8-16)26-14-15-5-4-12-23-13-15;/h4-5,7-10,12-13,18H,2-3,6,11,14,22H2,1H3;1H. The van der Waals surface area contributed by atoms with E-state index < -0.39 is 0 Å². The van der Waals surface area contributed by atoms with E-state index >= 15 is 0 Å². The largest absolute Gasteiger partial charge is 0.489 e. The summed E-state index contributed by atoms with van der Waals surface area (Å²) in [7, 11) is 0. The molecule has 0 radical (unpaired) electrons. The summed E-state index contributed by atoms with van der Waals surface area (Å²) < 4.78 is 11.3. The molecule has 2 aromatic heterocycles. The van der Waals surface area contributed by atoms with Crippen LogP contribution in [0.25, 0.3) is 11.4 Å². The molecule has 7 heteroatoms. The maximum absolute atomic E-state index is 6.45. The van der Waals surface area contributed by atoms with E-state index in [9.17, 15) is 0 Å². The van der Waals surface area contributed by atoms with Crippen LogP contribution in [0.4, 0.5) is 0 Å². The average molecular weight is 401 g/mol. The van der Waals surface area contributed by atoms with Gasteiger partial charge in [0.05, 0.1) is 5.92 Å². The van der Waals surface area contributed by atoms with Crippen molar-refractivity contribution in [3.63, 3.8) is 0 Å². The number of benzene rings is 1. The highest BCUT2D eigenvalue weighted by molar-refractivity contribution is 5.85. The number of nitrogens with zero attached hydrogens (tertiary/aromatic N) is 3. The van der Waals surface area contributed by atoms with Crippen molar-refractivity contribution < 1.29 is 9.26 Å². The van der Waals surface area contributed by atoms with Gasteiger partial charge in [-0.15, -0.1) is 12.4 Å². The molecule has 1 aliphatic carbocycles. The highest BCUT2D eigenvalue weighted by Gasteiger charge is 2.37. The first kappa shape index (κ1) is 20.3. The van der Waals surface area contributed by atoms with Crippen molar-refractivity contribution in [1.82, 2.24) is 15.1 Å². The first-order chi connectivity index (χ1) is 13.1. The highest BCUT2D eigenvalue weighted by atomic mass is 35.5. The molecule has 2 heterocycles. The topological polar surface area (TPSA) is 87.1 Å². The summed E-state index contributed by atoms with van der Waals surface area (Å²) in [6.45, 7) is 2.56. The number of halogens is 1. The summed E-state index contributed by atoms with van der Waals surface area (Å²) in [6, 6.07) is 11.6. The van der Waals surface area contributed by atoms with Crippen LogP contribution in [-0.4, -0.2) is 20.7 Å². The molecule has 148 valence electrons. The number of hydrogen-bond donors (Lipinski definition) is 1. The maximum Gasteiger partial charge on any atom is 0.231 e. The van der Waals surface area contributed by atoms with Crippen LogP contribution in [0.15, 0.2) is 53.3 Å². The van der Waals surface area contributed by atoms with E-state index in [1.807, 2.05) is 36.4 Å². The first-order valence-corrected chi connectivity index (χ1v) is 9.36. The number of hydrogen-bond acceptors (Lipinski definition) is 6. The Morgan fingerprint density at radius 1 is 1.21 bits per heavy atom. The van der Waals surface area contributed by atoms with Gasteiger partial charge in [0.2, 0.25) is 11.7 Å². The fourth-order valence-corrected chi connectivity index (χ4v) is 3.61. The lowest BCUT2D eigenvalue weighted by atomic mass is 9.74. The molecule has 0 spiro atoms. The maximum atomic E-state index is 6.45. The summed E-state index contributed by atoms with van der Waals surface area (Å²) in [5.74, 6) is 2.14. The predicted molar refractivity (Wildman–Crippen MR) is 109 cm³/mol. The molecule has 2 unspecified atom stereocenters. The van der Waals surface area contributed by atoms with Crippen LogP contribution in [0.3, 0.4) is 0 Å². The Balaban J connectivity index is 0.00000225. The van der Waals surface area contributed by atoms with Crippen molar-refractivity contribution >= 4 is 12.4 Å². The summed E-state index contributed by atoms with van der Waals surface area (Å²) in [5.41, 5.74) is 8.09. The minimum Gasteiger partial charge on any atom is -0.489 e. The minimum absolute atomic E-state index is 0. The van der Waals surface area contributed by atoms with Gasteiger partial charge in [-0.2, -0.15) is 4.98 Å². The van der Waals surface area contributed by atoms with Crippen molar-refractivity contribution in [3.8, 4) is 17.1 Å². The van der Waals surface area contributed by atoms with Crippen LogP contribution < -0.4 is 10.5 Å². The molecule has 0 bridgehead atoms. The molecule has 4 rings (SSSR count). The summed E-state index contributed by atoms with van der Waals surface area (Å²) in [4.78, 5) is 8.70. The minimum atomic E-state index is -0.286. The molecule has 2 atom stereocenters. The first-order valence-electron chi connectivity index (χ1n) is 9.36. The SMILES string of the molecule is CC1(N)CCCCC1c1nc(-c2ccc(OCc3cccnc3)cc2)no1.Cl. The molecular formula is C21H25ClN4O2. The Morgan fingerprint density at radius 2 is 2.04 bits per heavy atom. The van der Waals surface area contributed by atoms with Gasteiger partial charge < -0.3 is 15.0 Å². The number of aromatic nitrogens is 3. The van der Waals surface area contributed by atoms with Gasteiger partial charge in [-0.3, -0.25) is 4.98 Å². The fourth-order valence-electron chi connectivity index (χ4n) is 3.61. The molecule has 1 aliphatic rings. The lowest BCUT2D eigenvalue weighted by Gasteiger charge is -2.35. The van der Waals surface area contributed by atoms with Crippen LogP contribution in [0.5, 0.6) is 5.75 Å². The van der Waals surface area contributed by atoms with Gasteiger partial charge in [-0.05, 0) is 50.1 Å². The fraction of sp³-hybridized carbons (Fsp3) is 0.381. The molecule has 0 amide bonds. The zero-order valence-electron chi connectivity index (χ0n) is 15.9. The van der Waals surface area contributed by atoms with E-state index in [0.717, 1.165) is 42.6 Å². The van der Waals surface area contributed by atoms with Gasteiger partial charge in [-0.25, -0.2) is 0 Å². The Morgan fingerprint density at radius 3 is 2.75 bits per heavy atom. The number of ether oxygens (including phenoxy) is 1. The van der Waals surface area contributed by atoms with E-state index in [2.05, 4.69) is 22.0 Å². The van der Waals surface area contributed by atoms with Gasteiger partial charge in [-0.1, -0.05) is 24.1 Å². The quantitative estimate of drug-likeness (QED) is 0.678. The van der Waals surface area contributed by atoms with Gasteiger partial charge in [0.1, 0.15) is 12.4 Å². The summed E-state index contributed by atoms with van der Waals surface area (Å²) in [6.07, 6.45) is 7.83. The summed E-state index contributed by atoms with van der Waals surface area (Å²) >= 11 is 0. The average Bonchev–Trinajstić information content (AvgIpc) is 3.17. The van der Waals surface area contributed by atoms with Crippen molar-refractivity contribution in [2.24, 2.45) is 5.73 Å². The van der Waals surface area contributed by atoms with E-state index in [1.54, 1.807) is 12.4 Å². The van der Waals surface area contributed by atoms with Gasteiger partial charge in [0.15, 0.2) is 0 Å². The van der Waals surface area contributed by atoms with E-state index in [0.29, 0.717) is 18.3 Å². The Hall–Kier alpha value is -2.44. The number of nitrogens with two attached hydrogens (primary N) is 1. The third-order valence-corrected chi connectivity index (χ3v) is 5.23. The molecule has 2 N–H and O–H groups in total. The van der Waals surface area contributed by atoms with Crippen molar-refractivity contribution in [2.45, 2.75) is 50.7 Å². The lowest BCUT2D eigenvalue weighted by molar-refractivity contribution is 0.223. The monoisotopic (exact) mass is 400 g/mol. The molecule has 1 aromatic carbocycles. The smallest absolute Gasteiger partial charge is 0.231 e. The van der Waals surface area contributed by atoms with Crippen LogP contribution in [0, 0.1) is 0 Å². The molecule has 0 saturated heterocycles. The van der Waals surface area contributed by atoms with Gasteiger partial charge in [0.25, 0.3) is 0 Å². The third-order valence-electron chi connectivity index (χ3n) is 5.23. The van der Waals surface area contributed by atoms with Crippen molar-refractivity contribution in [3.05, 3.63) is 60.2 Å².